The maximum absolute atomic E-state index is 5.64. The van der Waals surface area contributed by atoms with Crippen LogP contribution in [0, 0.1) is 12.3 Å². The number of terminal acetylenes is 1. The molecule has 0 unspecified atom stereocenters. The van der Waals surface area contributed by atoms with Gasteiger partial charge in [-0.05, 0) is 13.8 Å². The monoisotopic (exact) mass is 196 g/mol. The van der Waals surface area contributed by atoms with Gasteiger partial charge < -0.3 is 5.73 Å². The zero-order valence-corrected chi connectivity index (χ0v) is 8.51. The Morgan fingerprint density at radius 3 is 2.85 bits per heavy atom. The molecule has 70 valence electrons. The number of nitrogen functional groups attached to an aromatic ring is 1. The van der Waals surface area contributed by atoms with E-state index in [1.54, 1.807) is 0 Å². The van der Waals surface area contributed by atoms with Crippen molar-refractivity contribution in [2.45, 2.75) is 25.0 Å². The average Bonchev–Trinajstić information content (AvgIpc) is 2.43. The minimum Gasteiger partial charge on any atom is -0.368 e. The second kappa shape index (κ2) is 4.19. The first-order chi connectivity index (χ1) is 6.16. The number of hydrogen-bond donors (Lipinski definition) is 1. The molecule has 0 radical (unpaired) electrons. The van der Waals surface area contributed by atoms with Crippen molar-refractivity contribution in [3.63, 3.8) is 0 Å². The van der Waals surface area contributed by atoms with E-state index in [9.17, 15) is 0 Å². The second-order valence-corrected chi connectivity index (χ2v) is 3.74. The van der Waals surface area contributed by atoms with Crippen molar-refractivity contribution >= 4 is 17.7 Å². The van der Waals surface area contributed by atoms with Gasteiger partial charge in [-0.3, -0.25) is 4.57 Å². The van der Waals surface area contributed by atoms with Gasteiger partial charge in [-0.1, -0.05) is 17.7 Å². The van der Waals surface area contributed by atoms with Gasteiger partial charge in [0, 0.05) is 6.04 Å². The van der Waals surface area contributed by atoms with Gasteiger partial charge in [-0.25, -0.2) is 0 Å². The fourth-order valence-corrected chi connectivity index (χ4v) is 1.73. The van der Waals surface area contributed by atoms with Crippen molar-refractivity contribution in [2.24, 2.45) is 0 Å². The van der Waals surface area contributed by atoms with Gasteiger partial charge >= 0.3 is 0 Å². The van der Waals surface area contributed by atoms with Gasteiger partial charge in [0.1, 0.15) is 0 Å². The summed E-state index contributed by atoms with van der Waals surface area (Å²) in [4.78, 5) is 0. The van der Waals surface area contributed by atoms with Gasteiger partial charge in [0.05, 0.1) is 5.75 Å². The van der Waals surface area contributed by atoms with E-state index in [1.165, 1.54) is 11.8 Å². The molecular formula is C8H12N4S. The molecule has 0 aliphatic carbocycles. The van der Waals surface area contributed by atoms with Crippen LogP contribution in [0.3, 0.4) is 0 Å². The minimum atomic E-state index is 0.260. The van der Waals surface area contributed by atoms with Crippen LogP contribution >= 0.6 is 11.8 Å². The molecule has 0 fully saturated rings. The topological polar surface area (TPSA) is 56.7 Å². The van der Waals surface area contributed by atoms with Gasteiger partial charge in [0.2, 0.25) is 5.95 Å². The molecule has 1 aromatic heterocycles. The molecular weight excluding hydrogens is 184 g/mol. The van der Waals surface area contributed by atoms with E-state index in [2.05, 4.69) is 16.1 Å². The summed E-state index contributed by atoms with van der Waals surface area (Å²) in [6.45, 7) is 4.05. The molecule has 5 heteroatoms. The van der Waals surface area contributed by atoms with Crippen LogP contribution in [0.2, 0.25) is 0 Å². The summed E-state index contributed by atoms with van der Waals surface area (Å²) in [5.74, 6) is 3.56. The molecule has 1 heterocycles. The Kier molecular flexibility index (Phi) is 3.20. The molecule has 4 nitrogen and oxygen atoms in total. The molecule has 1 aromatic rings. The molecule has 0 amide bonds. The second-order valence-electron chi connectivity index (χ2n) is 2.80. The van der Waals surface area contributed by atoms with Crippen LogP contribution in [0.15, 0.2) is 5.16 Å². The van der Waals surface area contributed by atoms with E-state index in [4.69, 9.17) is 12.2 Å². The minimum absolute atomic E-state index is 0.260. The molecule has 0 aliphatic rings. The van der Waals surface area contributed by atoms with Gasteiger partial charge in [0.15, 0.2) is 5.16 Å². The number of hydrogen-bond acceptors (Lipinski definition) is 4. The zero-order chi connectivity index (χ0) is 9.84. The first-order valence-electron chi connectivity index (χ1n) is 3.93. The largest absolute Gasteiger partial charge is 0.368 e. The highest BCUT2D eigenvalue weighted by molar-refractivity contribution is 7.99. The fraction of sp³-hybridized carbons (Fsp3) is 0.500. The third-order valence-electron chi connectivity index (χ3n) is 1.49. The maximum Gasteiger partial charge on any atom is 0.222 e. The number of thioether (sulfide) groups is 1. The van der Waals surface area contributed by atoms with Crippen LogP contribution in [0.25, 0.3) is 0 Å². The van der Waals surface area contributed by atoms with Gasteiger partial charge in [0.25, 0.3) is 0 Å². The summed E-state index contributed by atoms with van der Waals surface area (Å²) < 4.78 is 1.86. The predicted octanol–water partition coefficient (Wildman–Crippen LogP) is 1.17. The quantitative estimate of drug-likeness (QED) is 0.582. The summed E-state index contributed by atoms with van der Waals surface area (Å²) in [6, 6.07) is 0.260. The Hall–Kier alpha value is -1.15. The summed E-state index contributed by atoms with van der Waals surface area (Å²) in [5, 5.41) is 8.50. The summed E-state index contributed by atoms with van der Waals surface area (Å²) in [5.41, 5.74) is 5.64. The lowest BCUT2D eigenvalue weighted by atomic mass is 10.4. The van der Waals surface area contributed by atoms with E-state index in [1.807, 2.05) is 18.4 Å². The van der Waals surface area contributed by atoms with Crippen molar-refractivity contribution < 1.29 is 0 Å². The van der Waals surface area contributed by atoms with Crippen molar-refractivity contribution in [1.29, 1.82) is 0 Å². The smallest absolute Gasteiger partial charge is 0.222 e. The molecule has 0 atom stereocenters. The molecule has 0 saturated carbocycles. The van der Waals surface area contributed by atoms with Crippen LogP contribution in [0.5, 0.6) is 0 Å². The third-order valence-corrected chi connectivity index (χ3v) is 2.34. The normalized spacial score (nSPS) is 10.3. The van der Waals surface area contributed by atoms with Crippen molar-refractivity contribution in [3.8, 4) is 12.3 Å². The maximum atomic E-state index is 5.64. The Morgan fingerprint density at radius 2 is 2.31 bits per heavy atom. The number of nitrogens with two attached hydrogens (primary N) is 1. The van der Waals surface area contributed by atoms with Crippen molar-refractivity contribution in [1.82, 2.24) is 14.8 Å². The van der Waals surface area contributed by atoms with E-state index in [0.717, 1.165) is 5.16 Å². The van der Waals surface area contributed by atoms with Crippen LogP contribution in [-0.2, 0) is 0 Å². The van der Waals surface area contributed by atoms with Gasteiger partial charge in [-0.15, -0.1) is 16.6 Å². The highest BCUT2D eigenvalue weighted by atomic mass is 32.2. The van der Waals surface area contributed by atoms with E-state index >= 15 is 0 Å². The Labute approximate surface area is 81.9 Å². The Balaban J connectivity index is 2.88. The SMILES string of the molecule is C#CCSc1nnc(N)n1C(C)C. The predicted molar refractivity (Wildman–Crippen MR) is 54.4 cm³/mol. The Morgan fingerprint density at radius 1 is 1.62 bits per heavy atom. The van der Waals surface area contributed by atoms with Crippen LogP contribution in [0.1, 0.15) is 19.9 Å². The highest BCUT2D eigenvalue weighted by Crippen LogP contribution is 2.21. The number of rotatable bonds is 3. The van der Waals surface area contributed by atoms with Crippen molar-refractivity contribution in [2.75, 3.05) is 11.5 Å². The van der Waals surface area contributed by atoms with E-state index < -0.39 is 0 Å². The molecule has 0 bridgehead atoms. The zero-order valence-electron chi connectivity index (χ0n) is 7.69. The summed E-state index contributed by atoms with van der Waals surface area (Å²) >= 11 is 1.47. The van der Waals surface area contributed by atoms with Crippen LogP contribution in [0.4, 0.5) is 5.95 Å². The highest BCUT2D eigenvalue weighted by Gasteiger charge is 2.11. The molecule has 0 spiro atoms. The molecule has 0 aliphatic heterocycles. The number of aromatic nitrogens is 3. The lowest BCUT2D eigenvalue weighted by Gasteiger charge is -2.09. The Bertz CT molecular complexity index is 323. The van der Waals surface area contributed by atoms with Gasteiger partial charge in [-0.2, -0.15) is 0 Å². The van der Waals surface area contributed by atoms with Crippen LogP contribution in [-0.4, -0.2) is 20.5 Å². The summed E-state index contributed by atoms with van der Waals surface area (Å²) in [6.07, 6.45) is 5.15. The number of anilines is 1. The molecule has 13 heavy (non-hydrogen) atoms. The van der Waals surface area contributed by atoms with Crippen molar-refractivity contribution in [3.05, 3.63) is 0 Å². The summed E-state index contributed by atoms with van der Waals surface area (Å²) in [7, 11) is 0. The molecule has 2 N–H and O–H groups in total. The molecule has 1 rings (SSSR count). The first-order valence-corrected chi connectivity index (χ1v) is 4.92. The van der Waals surface area contributed by atoms with E-state index in [0.29, 0.717) is 11.7 Å². The third kappa shape index (κ3) is 2.16. The lowest BCUT2D eigenvalue weighted by Crippen LogP contribution is -2.06. The molecule has 0 aromatic carbocycles. The standard InChI is InChI=1S/C8H12N4S/c1-4-5-13-8-11-10-7(9)12(8)6(2)3/h1,6H,5H2,2-3H3,(H2,9,10). The lowest BCUT2D eigenvalue weighted by molar-refractivity contribution is 0.557. The fourth-order valence-electron chi connectivity index (χ4n) is 0.978. The average molecular weight is 196 g/mol. The molecule has 0 saturated heterocycles. The van der Waals surface area contributed by atoms with Crippen LogP contribution < -0.4 is 5.73 Å². The number of nitrogens with zero attached hydrogens (tertiary/aromatic N) is 3. The first kappa shape index (κ1) is 9.93. The van der Waals surface area contributed by atoms with E-state index in [-0.39, 0.29) is 6.04 Å².